The lowest BCUT2D eigenvalue weighted by Gasteiger charge is -2.09. The van der Waals surface area contributed by atoms with Crippen molar-refractivity contribution in [2.45, 2.75) is 25.5 Å². The van der Waals surface area contributed by atoms with Crippen LogP contribution in [0, 0.1) is 11.6 Å². The van der Waals surface area contributed by atoms with E-state index in [0.717, 1.165) is 14.7 Å². The molecule has 0 fully saturated rings. The maximum absolute atomic E-state index is 13.4. The van der Waals surface area contributed by atoms with Gasteiger partial charge in [-0.05, 0) is 79.7 Å². The predicted molar refractivity (Wildman–Crippen MR) is 111 cm³/mol. The molecule has 138 valence electrons. The Balaban J connectivity index is 1.96. The molecular weight excluding hydrogens is 481 g/mol. The molecule has 0 amide bonds. The third-order valence-electron chi connectivity index (χ3n) is 3.70. The van der Waals surface area contributed by atoms with E-state index >= 15 is 0 Å². The maximum Gasteiger partial charge on any atom is 0.323 e. The molecule has 3 aromatic rings. The zero-order valence-electron chi connectivity index (χ0n) is 14.4. The third-order valence-corrected chi connectivity index (χ3v) is 6.44. The Morgan fingerprint density at radius 3 is 1.56 bits per heavy atom. The molecule has 3 aromatic carbocycles. The van der Waals surface area contributed by atoms with Crippen LogP contribution >= 0.6 is 22.6 Å². The molecule has 0 radical (unpaired) electrons. The normalized spacial score (nSPS) is 12.0. The first kappa shape index (κ1) is 19.8. The fourth-order valence-electron chi connectivity index (χ4n) is 2.39. The van der Waals surface area contributed by atoms with E-state index in [1.165, 1.54) is 24.3 Å². The maximum atomic E-state index is 13.4. The van der Waals surface area contributed by atoms with Crippen LogP contribution in [0.1, 0.15) is 6.92 Å². The van der Waals surface area contributed by atoms with E-state index < -0.39 is 10.9 Å². The molecule has 0 spiro atoms. The fraction of sp³-hybridized carbons (Fsp3) is 0.0952. The number of rotatable bonds is 5. The average molecular weight is 497 g/mol. The van der Waals surface area contributed by atoms with Crippen molar-refractivity contribution in [1.82, 2.24) is 0 Å². The summed E-state index contributed by atoms with van der Waals surface area (Å²) in [5, 5.41) is 0. The summed E-state index contributed by atoms with van der Waals surface area (Å²) in [6, 6.07) is 19.8. The quantitative estimate of drug-likeness (QED) is 0.147. The van der Waals surface area contributed by atoms with Crippen LogP contribution in [0.3, 0.4) is 0 Å². The number of hydrogen-bond acceptors (Lipinski definition) is 2. The van der Waals surface area contributed by atoms with E-state index in [2.05, 4.69) is 0 Å². The van der Waals surface area contributed by atoms with Gasteiger partial charge in [-0.15, -0.1) is 0 Å². The van der Waals surface area contributed by atoms with Crippen LogP contribution in [0.4, 0.5) is 8.78 Å². The summed E-state index contributed by atoms with van der Waals surface area (Å²) in [4.78, 5) is 14.5. The van der Waals surface area contributed by atoms with Crippen molar-refractivity contribution in [3.63, 3.8) is 0 Å². The Morgan fingerprint density at radius 2 is 1.19 bits per heavy atom. The first-order chi connectivity index (χ1) is 12.9. The van der Waals surface area contributed by atoms with Gasteiger partial charge in [-0.3, -0.25) is 4.79 Å². The highest BCUT2D eigenvalue weighted by Gasteiger charge is 2.29. The molecule has 0 N–H and O–H groups in total. The molecule has 0 saturated heterocycles. The van der Waals surface area contributed by atoms with Gasteiger partial charge in [-0.2, -0.15) is 0 Å². The number of ether oxygens (including phenoxy) is 1. The molecule has 2 nitrogen and oxygen atoms in total. The van der Waals surface area contributed by atoms with Crippen LogP contribution in [0.25, 0.3) is 0 Å². The van der Waals surface area contributed by atoms with Crippen molar-refractivity contribution in [1.29, 1.82) is 0 Å². The van der Waals surface area contributed by atoms with Crippen LogP contribution in [0.5, 0.6) is 5.75 Å². The highest BCUT2D eigenvalue weighted by Crippen LogP contribution is 2.32. The van der Waals surface area contributed by atoms with Gasteiger partial charge in [0.15, 0.2) is 14.7 Å². The second-order valence-corrected chi connectivity index (χ2v) is 9.62. The summed E-state index contributed by atoms with van der Waals surface area (Å²) < 4.78 is 31.8. The Morgan fingerprint density at radius 1 is 0.815 bits per heavy atom. The van der Waals surface area contributed by atoms with E-state index in [9.17, 15) is 13.6 Å². The number of carbonyl (C=O) groups excluding carboxylic acids is 1. The molecular formula is C21H16F2IO2S+. The number of halogens is 3. The minimum absolute atomic E-state index is 0.240. The topological polar surface area (TPSA) is 26.3 Å². The summed E-state index contributed by atoms with van der Waals surface area (Å²) in [6.07, 6.45) is 0. The first-order valence-corrected chi connectivity index (χ1v) is 10.6. The molecule has 1 unspecified atom stereocenters. The molecule has 3 rings (SSSR count). The molecule has 0 saturated carbocycles. The Hall–Kier alpha value is -1.93. The van der Waals surface area contributed by atoms with Gasteiger partial charge in [0.25, 0.3) is 0 Å². The summed E-state index contributed by atoms with van der Waals surface area (Å²) in [7, 11) is -0.536. The van der Waals surface area contributed by atoms with E-state index in [0.29, 0.717) is 5.75 Å². The minimum Gasteiger partial charge on any atom is -0.426 e. The van der Waals surface area contributed by atoms with Gasteiger partial charge in [0, 0.05) is 0 Å². The Labute approximate surface area is 173 Å². The molecule has 0 aliphatic carbocycles. The van der Waals surface area contributed by atoms with Crippen LogP contribution in [0.2, 0.25) is 0 Å². The van der Waals surface area contributed by atoms with Gasteiger partial charge < -0.3 is 4.74 Å². The Bertz CT molecular complexity index is 865. The lowest BCUT2D eigenvalue weighted by Crippen LogP contribution is -2.16. The lowest BCUT2D eigenvalue weighted by molar-refractivity contribution is -0.133. The minimum atomic E-state index is -0.536. The van der Waals surface area contributed by atoms with Crippen LogP contribution in [0.15, 0.2) is 87.5 Å². The standard InChI is InChI=1S/C21H16F2IO2S/c1-14(24)21(25)26-17-6-12-20(13-7-17)27(18-8-2-15(22)3-9-18)19-10-4-16(23)5-11-19/h2-14H,1H3/q+1. The van der Waals surface area contributed by atoms with Gasteiger partial charge in [-0.25, -0.2) is 8.78 Å². The van der Waals surface area contributed by atoms with Gasteiger partial charge in [0.1, 0.15) is 21.3 Å². The van der Waals surface area contributed by atoms with Crippen LogP contribution in [-0.2, 0) is 15.7 Å². The number of esters is 1. The van der Waals surface area contributed by atoms with Crippen molar-refractivity contribution < 1.29 is 18.3 Å². The fourth-order valence-corrected chi connectivity index (χ4v) is 4.56. The van der Waals surface area contributed by atoms with Gasteiger partial charge >= 0.3 is 5.97 Å². The first-order valence-electron chi connectivity index (χ1n) is 8.15. The van der Waals surface area contributed by atoms with E-state index in [1.807, 2.05) is 34.7 Å². The largest absolute Gasteiger partial charge is 0.426 e. The van der Waals surface area contributed by atoms with Crippen molar-refractivity contribution in [3.8, 4) is 5.75 Å². The highest BCUT2D eigenvalue weighted by molar-refractivity contribution is 14.1. The van der Waals surface area contributed by atoms with E-state index in [4.69, 9.17) is 4.74 Å². The third kappa shape index (κ3) is 5.07. The number of benzene rings is 3. The van der Waals surface area contributed by atoms with Crippen molar-refractivity contribution in [2.24, 2.45) is 0 Å². The molecule has 0 bridgehead atoms. The van der Waals surface area contributed by atoms with Crippen molar-refractivity contribution >= 4 is 39.5 Å². The Kier molecular flexibility index (Phi) is 6.49. The molecule has 0 heterocycles. The molecule has 6 heteroatoms. The molecule has 27 heavy (non-hydrogen) atoms. The molecule has 0 aromatic heterocycles. The smallest absolute Gasteiger partial charge is 0.323 e. The van der Waals surface area contributed by atoms with Gasteiger partial charge in [0.2, 0.25) is 0 Å². The van der Waals surface area contributed by atoms with Gasteiger partial charge in [-0.1, -0.05) is 22.6 Å². The monoisotopic (exact) mass is 497 g/mol. The summed E-state index contributed by atoms with van der Waals surface area (Å²) in [6.45, 7) is 1.76. The van der Waals surface area contributed by atoms with Crippen LogP contribution in [-0.4, -0.2) is 9.89 Å². The molecule has 0 aliphatic rings. The highest BCUT2D eigenvalue weighted by atomic mass is 127. The summed E-state index contributed by atoms with van der Waals surface area (Å²) >= 11 is 2.00. The number of hydrogen-bond donors (Lipinski definition) is 0. The average Bonchev–Trinajstić information content (AvgIpc) is 2.66. The van der Waals surface area contributed by atoms with E-state index in [-0.39, 0.29) is 21.5 Å². The SMILES string of the molecule is CC(I)C(=O)Oc1ccc([S+](c2ccc(F)cc2)c2ccc(F)cc2)cc1. The zero-order chi connectivity index (χ0) is 19.4. The number of carbonyl (C=O) groups is 1. The molecule has 0 aliphatic heterocycles. The number of alkyl halides is 1. The second kappa shape index (κ2) is 8.84. The van der Waals surface area contributed by atoms with Gasteiger partial charge in [0.05, 0.1) is 10.9 Å². The van der Waals surface area contributed by atoms with Crippen molar-refractivity contribution in [3.05, 3.63) is 84.4 Å². The lowest BCUT2D eigenvalue weighted by atomic mass is 10.3. The second-order valence-electron chi connectivity index (χ2n) is 5.72. The van der Waals surface area contributed by atoms with Crippen molar-refractivity contribution in [2.75, 3.05) is 0 Å². The summed E-state index contributed by atoms with van der Waals surface area (Å²) in [5.74, 6) is -0.457. The summed E-state index contributed by atoms with van der Waals surface area (Å²) in [5.41, 5.74) is 0. The van der Waals surface area contributed by atoms with Crippen LogP contribution < -0.4 is 4.74 Å². The molecule has 1 atom stereocenters. The van der Waals surface area contributed by atoms with E-state index in [1.54, 1.807) is 43.3 Å². The predicted octanol–water partition coefficient (Wildman–Crippen LogP) is 5.79. The zero-order valence-corrected chi connectivity index (χ0v) is 17.3.